The van der Waals surface area contributed by atoms with E-state index in [1.807, 2.05) is 24.3 Å². The number of benzene rings is 1. The molecular formula is C11H12N2O2S2. The molecule has 0 unspecified atom stereocenters. The van der Waals surface area contributed by atoms with Gasteiger partial charge in [0.15, 0.2) is 6.61 Å². The maximum Gasteiger partial charge on any atom is 0.284 e. The third kappa shape index (κ3) is 3.61. The number of H-pyrrole nitrogens is 1. The van der Waals surface area contributed by atoms with E-state index in [0.717, 1.165) is 11.5 Å². The van der Waals surface area contributed by atoms with Crippen LogP contribution in [0.1, 0.15) is 12.8 Å². The maximum atomic E-state index is 5.51. The van der Waals surface area contributed by atoms with Crippen LogP contribution in [0, 0.1) is 4.84 Å². The highest BCUT2D eigenvalue weighted by Gasteiger charge is 2.01. The third-order valence-electron chi connectivity index (χ3n) is 1.98. The Hall–Kier alpha value is -1.27. The van der Waals surface area contributed by atoms with Crippen LogP contribution < -0.4 is 4.74 Å². The Morgan fingerprint density at radius 1 is 1.41 bits per heavy atom. The summed E-state index contributed by atoms with van der Waals surface area (Å²) < 4.78 is 10.6. The summed E-state index contributed by atoms with van der Waals surface area (Å²) in [7, 11) is 0. The van der Waals surface area contributed by atoms with E-state index >= 15 is 0 Å². The number of aromatic amines is 1. The zero-order valence-electron chi connectivity index (χ0n) is 9.30. The van der Waals surface area contributed by atoms with Crippen LogP contribution in [0.15, 0.2) is 33.6 Å². The molecule has 1 heterocycles. The Labute approximate surface area is 108 Å². The first-order valence-electron chi connectivity index (χ1n) is 5.18. The fraction of sp³-hybridized carbons (Fsp3) is 0.273. The van der Waals surface area contributed by atoms with E-state index in [1.165, 1.54) is 4.90 Å². The number of rotatable bonds is 5. The van der Waals surface area contributed by atoms with E-state index in [9.17, 15) is 0 Å². The highest BCUT2D eigenvalue weighted by atomic mass is 32.2. The molecule has 0 aliphatic heterocycles. The Balaban J connectivity index is 1.92. The normalized spacial score (nSPS) is 10.4. The molecular weight excluding hydrogens is 256 g/mol. The summed E-state index contributed by atoms with van der Waals surface area (Å²) in [4.78, 5) is 1.50. The second-order valence-electron chi connectivity index (χ2n) is 3.20. The number of aromatic nitrogens is 2. The molecule has 0 atom stereocenters. The van der Waals surface area contributed by atoms with Gasteiger partial charge in [0, 0.05) is 4.90 Å². The Morgan fingerprint density at radius 2 is 2.18 bits per heavy atom. The third-order valence-corrected chi connectivity index (χ3v) is 3.05. The highest BCUT2D eigenvalue weighted by Crippen LogP contribution is 2.21. The van der Waals surface area contributed by atoms with Crippen molar-refractivity contribution in [2.45, 2.75) is 18.4 Å². The molecule has 4 nitrogen and oxygen atoms in total. The second kappa shape index (κ2) is 5.88. The number of hydrogen-bond acceptors (Lipinski definition) is 5. The van der Waals surface area contributed by atoms with E-state index < -0.39 is 0 Å². The topological polar surface area (TPSA) is 51.0 Å². The molecule has 0 aliphatic rings. The van der Waals surface area contributed by atoms with Crippen molar-refractivity contribution in [1.82, 2.24) is 10.2 Å². The van der Waals surface area contributed by atoms with Crippen LogP contribution in [0.4, 0.5) is 0 Å². The Kier molecular flexibility index (Phi) is 4.22. The second-order valence-corrected chi connectivity index (χ2v) is 4.91. The van der Waals surface area contributed by atoms with Crippen molar-refractivity contribution in [1.29, 1.82) is 0 Å². The highest BCUT2D eigenvalue weighted by molar-refractivity contribution is 7.99. The molecule has 0 bridgehead atoms. The van der Waals surface area contributed by atoms with Crippen molar-refractivity contribution < 1.29 is 9.15 Å². The van der Waals surface area contributed by atoms with Crippen LogP contribution in [0.2, 0.25) is 0 Å². The van der Waals surface area contributed by atoms with Gasteiger partial charge in [0.05, 0.1) is 0 Å². The molecule has 0 aliphatic carbocycles. The van der Waals surface area contributed by atoms with Crippen molar-refractivity contribution in [3.8, 4) is 5.75 Å². The van der Waals surface area contributed by atoms with Crippen LogP contribution in [0.5, 0.6) is 5.75 Å². The maximum absolute atomic E-state index is 5.51. The number of nitrogens with zero attached hydrogens (tertiary/aromatic N) is 1. The smallest absolute Gasteiger partial charge is 0.284 e. The van der Waals surface area contributed by atoms with Gasteiger partial charge in [0.1, 0.15) is 5.75 Å². The molecule has 0 fully saturated rings. The molecule has 2 rings (SSSR count). The molecule has 1 aromatic heterocycles. The zero-order valence-corrected chi connectivity index (χ0v) is 10.9. The lowest BCUT2D eigenvalue weighted by atomic mass is 10.3. The van der Waals surface area contributed by atoms with Crippen LogP contribution in [-0.2, 0) is 6.61 Å². The van der Waals surface area contributed by atoms with Gasteiger partial charge in [-0.3, -0.25) is 0 Å². The van der Waals surface area contributed by atoms with E-state index in [-0.39, 0.29) is 11.4 Å². The van der Waals surface area contributed by atoms with Crippen LogP contribution in [0.3, 0.4) is 0 Å². The summed E-state index contributed by atoms with van der Waals surface area (Å²) in [5.74, 6) is 2.30. The first-order valence-corrected chi connectivity index (χ1v) is 6.57. The van der Waals surface area contributed by atoms with Crippen molar-refractivity contribution in [2.24, 2.45) is 0 Å². The molecule has 17 heavy (non-hydrogen) atoms. The molecule has 90 valence electrons. The Morgan fingerprint density at radius 3 is 2.76 bits per heavy atom. The van der Waals surface area contributed by atoms with Crippen LogP contribution in [0.25, 0.3) is 0 Å². The molecule has 0 saturated heterocycles. The van der Waals surface area contributed by atoms with Gasteiger partial charge in [-0.25, -0.2) is 5.10 Å². The minimum atomic E-state index is 0.262. The van der Waals surface area contributed by atoms with Gasteiger partial charge in [0.2, 0.25) is 0 Å². The predicted molar refractivity (Wildman–Crippen MR) is 68.9 cm³/mol. The molecule has 0 amide bonds. The van der Waals surface area contributed by atoms with E-state index in [0.29, 0.717) is 5.89 Å². The summed E-state index contributed by atoms with van der Waals surface area (Å²) in [6.07, 6.45) is 0. The van der Waals surface area contributed by atoms with Gasteiger partial charge < -0.3 is 9.15 Å². The lowest BCUT2D eigenvalue weighted by Crippen LogP contribution is -1.95. The average molecular weight is 268 g/mol. The minimum Gasteiger partial charge on any atom is -0.484 e. The molecule has 0 spiro atoms. The van der Waals surface area contributed by atoms with Gasteiger partial charge in [-0.1, -0.05) is 6.92 Å². The number of hydrogen-bond donors (Lipinski definition) is 1. The number of nitrogens with one attached hydrogen (secondary N) is 1. The molecule has 0 saturated carbocycles. The molecule has 6 heteroatoms. The van der Waals surface area contributed by atoms with Gasteiger partial charge >= 0.3 is 0 Å². The molecule has 2 aromatic rings. The first-order chi connectivity index (χ1) is 8.28. The van der Waals surface area contributed by atoms with Crippen LogP contribution >= 0.6 is 24.0 Å². The number of ether oxygens (including phenoxy) is 1. The standard InChI is InChI=1S/C11H12N2O2S2/c1-2-17-9-5-3-8(4-6-9)14-7-10-12-13-11(16)15-10/h3-6H,2,7H2,1H3,(H,13,16). The lowest BCUT2D eigenvalue weighted by Gasteiger charge is -2.04. The van der Waals surface area contributed by atoms with Gasteiger partial charge in [0.25, 0.3) is 10.7 Å². The summed E-state index contributed by atoms with van der Waals surface area (Å²) in [6, 6.07) is 7.92. The van der Waals surface area contributed by atoms with Crippen molar-refractivity contribution in [3.63, 3.8) is 0 Å². The lowest BCUT2D eigenvalue weighted by molar-refractivity contribution is 0.261. The largest absolute Gasteiger partial charge is 0.484 e. The molecule has 0 radical (unpaired) electrons. The van der Waals surface area contributed by atoms with Gasteiger partial charge in [-0.05, 0) is 42.2 Å². The first kappa shape index (κ1) is 12.2. The average Bonchev–Trinajstić information content (AvgIpc) is 2.75. The summed E-state index contributed by atoms with van der Waals surface area (Å²) >= 11 is 6.56. The predicted octanol–water partition coefficient (Wildman–Crippen LogP) is 3.42. The van der Waals surface area contributed by atoms with Gasteiger partial charge in [-0.15, -0.1) is 16.9 Å². The van der Waals surface area contributed by atoms with E-state index in [1.54, 1.807) is 11.8 Å². The summed E-state index contributed by atoms with van der Waals surface area (Å²) in [5.41, 5.74) is 0. The van der Waals surface area contributed by atoms with Crippen molar-refractivity contribution in [3.05, 3.63) is 35.0 Å². The summed E-state index contributed by atoms with van der Waals surface area (Å²) in [6.45, 7) is 2.40. The fourth-order valence-electron chi connectivity index (χ4n) is 1.27. The van der Waals surface area contributed by atoms with E-state index in [2.05, 4.69) is 17.1 Å². The molecule has 1 N–H and O–H groups in total. The quantitative estimate of drug-likeness (QED) is 0.665. The zero-order chi connectivity index (χ0) is 12.1. The van der Waals surface area contributed by atoms with Crippen LogP contribution in [-0.4, -0.2) is 16.0 Å². The van der Waals surface area contributed by atoms with Gasteiger partial charge in [-0.2, -0.15) is 0 Å². The summed E-state index contributed by atoms with van der Waals surface area (Å²) in [5, 5.41) is 6.40. The van der Waals surface area contributed by atoms with Crippen molar-refractivity contribution >= 4 is 24.0 Å². The SMILES string of the molecule is CCSc1ccc(OCc2n[nH]c(=S)o2)cc1. The number of thioether (sulfide) groups is 1. The monoisotopic (exact) mass is 268 g/mol. The van der Waals surface area contributed by atoms with Crippen molar-refractivity contribution in [2.75, 3.05) is 5.75 Å². The Bertz CT molecular complexity index is 519. The fourth-order valence-corrected chi connectivity index (χ4v) is 2.07. The van der Waals surface area contributed by atoms with E-state index in [4.69, 9.17) is 21.4 Å². The minimum absolute atomic E-state index is 0.262. The molecule has 1 aromatic carbocycles.